The lowest BCUT2D eigenvalue weighted by molar-refractivity contribution is 0.169. The minimum absolute atomic E-state index is 0.198. The van der Waals surface area contributed by atoms with Crippen molar-refractivity contribution in [1.29, 1.82) is 0 Å². The number of phenolic OH excluding ortho intramolecular Hbond substituents is 1. The second-order valence-corrected chi connectivity index (χ2v) is 5.03. The molecular formula is C16H14N6O. The molecule has 0 saturated heterocycles. The summed E-state index contributed by atoms with van der Waals surface area (Å²) in [6, 6.07) is 12.5. The monoisotopic (exact) mass is 306 g/mol. The molecule has 4 aromatic rings. The Labute approximate surface area is 132 Å². The summed E-state index contributed by atoms with van der Waals surface area (Å²) >= 11 is 0. The van der Waals surface area contributed by atoms with E-state index in [1.165, 1.54) is 0 Å². The lowest BCUT2D eigenvalue weighted by atomic mass is 10.1. The van der Waals surface area contributed by atoms with E-state index >= 15 is 0 Å². The molecule has 0 spiro atoms. The van der Waals surface area contributed by atoms with Crippen molar-refractivity contribution >= 4 is 0 Å². The van der Waals surface area contributed by atoms with E-state index in [0.717, 1.165) is 5.56 Å². The third kappa shape index (κ3) is 1.94. The summed E-state index contributed by atoms with van der Waals surface area (Å²) in [6.07, 6.45) is 10.7. The highest BCUT2D eigenvalue weighted by atomic mass is 16.3. The molecule has 0 unspecified atom stereocenters. The molecule has 23 heavy (non-hydrogen) atoms. The number of aromatic nitrogens is 6. The molecule has 4 rings (SSSR count). The standard InChI is InChI=1S/C16H14N6O/c23-15-6-4-14(5-7-15)16(20-11-1-8-17-20,21-12-2-9-18-21)22-13-3-10-19-22/h1-13,23H. The first-order valence-electron chi connectivity index (χ1n) is 7.11. The van der Waals surface area contributed by atoms with Crippen LogP contribution >= 0.6 is 0 Å². The van der Waals surface area contributed by atoms with E-state index in [4.69, 9.17) is 0 Å². The van der Waals surface area contributed by atoms with E-state index in [1.807, 2.05) is 48.9 Å². The summed E-state index contributed by atoms with van der Waals surface area (Å²) in [6.45, 7) is 0. The fourth-order valence-electron chi connectivity index (χ4n) is 2.76. The van der Waals surface area contributed by atoms with E-state index < -0.39 is 5.79 Å². The van der Waals surface area contributed by atoms with Gasteiger partial charge < -0.3 is 5.11 Å². The van der Waals surface area contributed by atoms with Crippen molar-refractivity contribution in [3.05, 3.63) is 85.2 Å². The molecule has 3 aromatic heterocycles. The fourth-order valence-corrected chi connectivity index (χ4v) is 2.76. The number of hydrogen-bond acceptors (Lipinski definition) is 4. The lowest BCUT2D eigenvalue weighted by Gasteiger charge is -2.35. The van der Waals surface area contributed by atoms with Crippen LogP contribution in [0.3, 0.4) is 0 Å². The first kappa shape index (κ1) is 13.3. The minimum Gasteiger partial charge on any atom is -0.508 e. The molecule has 0 radical (unpaired) electrons. The van der Waals surface area contributed by atoms with Crippen molar-refractivity contribution in [2.24, 2.45) is 0 Å². The average molecular weight is 306 g/mol. The molecule has 0 saturated carbocycles. The molecule has 114 valence electrons. The Morgan fingerprint density at radius 2 is 1.13 bits per heavy atom. The zero-order valence-electron chi connectivity index (χ0n) is 12.1. The molecule has 0 atom stereocenters. The van der Waals surface area contributed by atoms with Crippen molar-refractivity contribution in [3.8, 4) is 5.75 Å². The number of benzene rings is 1. The van der Waals surface area contributed by atoms with Crippen molar-refractivity contribution in [2.75, 3.05) is 0 Å². The van der Waals surface area contributed by atoms with Crippen LogP contribution in [0.1, 0.15) is 5.56 Å². The molecule has 0 aliphatic carbocycles. The molecular weight excluding hydrogens is 292 g/mol. The second-order valence-electron chi connectivity index (χ2n) is 5.03. The Morgan fingerprint density at radius 3 is 1.48 bits per heavy atom. The van der Waals surface area contributed by atoms with Gasteiger partial charge in [-0.1, -0.05) is 0 Å². The number of hydrogen-bond donors (Lipinski definition) is 1. The van der Waals surface area contributed by atoms with Crippen LogP contribution in [0.15, 0.2) is 79.6 Å². The molecule has 1 N–H and O–H groups in total. The van der Waals surface area contributed by atoms with Crippen LogP contribution in [0.4, 0.5) is 0 Å². The smallest absolute Gasteiger partial charge is 0.276 e. The number of phenols is 1. The molecule has 7 nitrogen and oxygen atoms in total. The van der Waals surface area contributed by atoms with Crippen molar-refractivity contribution in [2.45, 2.75) is 5.79 Å². The Morgan fingerprint density at radius 1 is 0.696 bits per heavy atom. The summed E-state index contributed by atoms with van der Waals surface area (Å²) in [5.41, 5.74) is 0.853. The van der Waals surface area contributed by atoms with Crippen LogP contribution in [-0.2, 0) is 5.79 Å². The Balaban J connectivity index is 2.08. The van der Waals surface area contributed by atoms with E-state index in [9.17, 15) is 5.11 Å². The Hall–Kier alpha value is -3.35. The first-order chi connectivity index (χ1) is 11.3. The van der Waals surface area contributed by atoms with Gasteiger partial charge in [-0.2, -0.15) is 15.3 Å². The fraction of sp³-hybridized carbons (Fsp3) is 0.0625. The molecule has 0 aliphatic rings. The number of aromatic hydroxyl groups is 1. The minimum atomic E-state index is -0.940. The maximum Gasteiger partial charge on any atom is 0.276 e. The van der Waals surface area contributed by atoms with Crippen LogP contribution < -0.4 is 0 Å². The van der Waals surface area contributed by atoms with Crippen LogP contribution in [0.25, 0.3) is 0 Å². The normalized spacial score (nSPS) is 11.7. The quantitative estimate of drug-likeness (QED) is 0.623. The third-order valence-corrected chi connectivity index (χ3v) is 3.73. The van der Waals surface area contributed by atoms with Gasteiger partial charge >= 0.3 is 0 Å². The van der Waals surface area contributed by atoms with Gasteiger partial charge in [-0.25, -0.2) is 14.0 Å². The molecule has 0 bridgehead atoms. The van der Waals surface area contributed by atoms with Crippen molar-refractivity contribution < 1.29 is 5.11 Å². The SMILES string of the molecule is Oc1ccc(C(n2cccn2)(n2cccn2)n2cccn2)cc1. The summed E-state index contributed by atoms with van der Waals surface area (Å²) in [5, 5.41) is 22.9. The van der Waals surface area contributed by atoms with Crippen LogP contribution in [0, 0.1) is 0 Å². The van der Waals surface area contributed by atoms with Crippen molar-refractivity contribution in [3.63, 3.8) is 0 Å². The van der Waals surface area contributed by atoms with Gasteiger partial charge in [0.1, 0.15) is 5.75 Å². The predicted molar refractivity (Wildman–Crippen MR) is 82.7 cm³/mol. The van der Waals surface area contributed by atoms with E-state index in [0.29, 0.717) is 0 Å². The van der Waals surface area contributed by atoms with Crippen molar-refractivity contribution in [1.82, 2.24) is 29.3 Å². The highest BCUT2D eigenvalue weighted by Gasteiger charge is 2.40. The van der Waals surface area contributed by atoms with E-state index in [-0.39, 0.29) is 5.75 Å². The summed E-state index contributed by atoms with van der Waals surface area (Å²) in [7, 11) is 0. The molecule has 7 heteroatoms. The predicted octanol–water partition coefficient (Wildman–Crippen LogP) is 1.74. The maximum absolute atomic E-state index is 9.65. The largest absolute Gasteiger partial charge is 0.508 e. The molecule has 0 fully saturated rings. The summed E-state index contributed by atoms with van der Waals surface area (Å²) in [5.74, 6) is -0.742. The third-order valence-electron chi connectivity index (χ3n) is 3.73. The molecule has 3 heterocycles. The zero-order chi connectivity index (χ0) is 15.7. The van der Waals surface area contributed by atoms with Gasteiger partial charge in [0, 0.05) is 42.7 Å². The first-order valence-corrected chi connectivity index (χ1v) is 7.11. The van der Waals surface area contributed by atoms with Gasteiger partial charge in [0.15, 0.2) is 0 Å². The van der Waals surface area contributed by atoms with E-state index in [1.54, 1.807) is 44.8 Å². The Kier molecular flexibility index (Phi) is 2.97. The summed E-state index contributed by atoms with van der Waals surface area (Å²) < 4.78 is 5.33. The molecule has 1 aromatic carbocycles. The van der Waals surface area contributed by atoms with Gasteiger partial charge in [-0.15, -0.1) is 0 Å². The van der Waals surface area contributed by atoms with E-state index in [2.05, 4.69) is 15.3 Å². The highest BCUT2D eigenvalue weighted by molar-refractivity contribution is 5.32. The lowest BCUT2D eigenvalue weighted by Crippen LogP contribution is -2.50. The topological polar surface area (TPSA) is 73.7 Å². The summed E-state index contributed by atoms with van der Waals surface area (Å²) in [4.78, 5) is 0. The van der Waals surface area contributed by atoms with Crippen LogP contribution in [-0.4, -0.2) is 34.4 Å². The van der Waals surface area contributed by atoms with Gasteiger partial charge in [-0.05, 0) is 42.5 Å². The Bertz CT molecular complexity index is 779. The van der Waals surface area contributed by atoms with Crippen LogP contribution in [0.5, 0.6) is 5.75 Å². The number of rotatable bonds is 4. The number of nitrogens with zero attached hydrogens (tertiary/aromatic N) is 6. The maximum atomic E-state index is 9.65. The van der Waals surface area contributed by atoms with Gasteiger partial charge in [-0.3, -0.25) is 0 Å². The second kappa shape index (κ2) is 5.13. The molecule has 0 amide bonds. The van der Waals surface area contributed by atoms with Gasteiger partial charge in [0.2, 0.25) is 0 Å². The zero-order valence-corrected chi connectivity index (χ0v) is 12.1. The van der Waals surface area contributed by atoms with Crippen LogP contribution in [0.2, 0.25) is 0 Å². The highest BCUT2D eigenvalue weighted by Crippen LogP contribution is 2.30. The molecule has 0 aliphatic heterocycles. The average Bonchev–Trinajstić information content (AvgIpc) is 3.35. The van der Waals surface area contributed by atoms with Gasteiger partial charge in [0.05, 0.1) is 0 Å². The van der Waals surface area contributed by atoms with Gasteiger partial charge in [0.25, 0.3) is 5.79 Å².